The lowest BCUT2D eigenvalue weighted by Crippen LogP contribution is -2.58. The van der Waals surface area contributed by atoms with Crippen LogP contribution in [0.25, 0.3) is 0 Å². The standard InChI is InChI=1S/C12H17NO5/c1-6-9(14)10(15)11(16)12(17-6)18-8-4-2-7(13)3-5-8/h2-6,9-12,14-16H,13H2,1H3/t6?,9-,10-,11?,12-/m0/s1. The minimum absolute atomic E-state index is 0.462. The van der Waals surface area contributed by atoms with Gasteiger partial charge in [0.1, 0.15) is 24.1 Å². The van der Waals surface area contributed by atoms with Crippen molar-refractivity contribution in [3.8, 4) is 5.75 Å². The first kappa shape index (κ1) is 13.1. The van der Waals surface area contributed by atoms with Crippen LogP contribution in [0.5, 0.6) is 5.75 Å². The lowest BCUT2D eigenvalue weighted by atomic mass is 10.00. The first-order chi connectivity index (χ1) is 8.49. The monoisotopic (exact) mass is 255 g/mol. The van der Waals surface area contributed by atoms with Crippen molar-refractivity contribution in [1.29, 1.82) is 0 Å². The van der Waals surface area contributed by atoms with Crippen molar-refractivity contribution in [2.75, 3.05) is 5.73 Å². The Morgan fingerprint density at radius 2 is 1.67 bits per heavy atom. The molecule has 5 atom stereocenters. The molecule has 0 saturated carbocycles. The summed E-state index contributed by atoms with van der Waals surface area (Å²) in [6.07, 6.45) is -5.39. The normalized spacial score (nSPS) is 36.3. The molecule has 0 bridgehead atoms. The van der Waals surface area contributed by atoms with Crippen molar-refractivity contribution in [2.24, 2.45) is 0 Å². The third-order valence-corrected chi connectivity index (χ3v) is 2.94. The molecule has 2 rings (SSSR count). The molecule has 1 aromatic carbocycles. The van der Waals surface area contributed by atoms with E-state index in [2.05, 4.69) is 0 Å². The molecule has 1 saturated heterocycles. The second-order valence-electron chi connectivity index (χ2n) is 4.37. The number of nitrogens with two attached hydrogens (primary N) is 1. The van der Waals surface area contributed by atoms with Crippen LogP contribution < -0.4 is 10.5 Å². The molecule has 100 valence electrons. The number of ether oxygens (including phenoxy) is 2. The van der Waals surface area contributed by atoms with Gasteiger partial charge in [-0.25, -0.2) is 0 Å². The fraction of sp³-hybridized carbons (Fsp3) is 0.500. The molecule has 0 amide bonds. The fourth-order valence-electron chi connectivity index (χ4n) is 1.79. The Balaban J connectivity index is 2.06. The van der Waals surface area contributed by atoms with E-state index >= 15 is 0 Å². The van der Waals surface area contributed by atoms with Crippen molar-refractivity contribution in [3.05, 3.63) is 24.3 Å². The van der Waals surface area contributed by atoms with Gasteiger partial charge in [-0.2, -0.15) is 0 Å². The molecule has 0 radical (unpaired) electrons. The summed E-state index contributed by atoms with van der Waals surface area (Å²) in [5.41, 5.74) is 6.13. The minimum Gasteiger partial charge on any atom is -0.462 e. The van der Waals surface area contributed by atoms with Crippen LogP contribution in [0.15, 0.2) is 24.3 Å². The Morgan fingerprint density at radius 3 is 2.28 bits per heavy atom. The molecule has 1 heterocycles. The van der Waals surface area contributed by atoms with Crippen LogP contribution in [0, 0.1) is 0 Å². The topological polar surface area (TPSA) is 105 Å². The van der Waals surface area contributed by atoms with Crippen LogP contribution in [0.2, 0.25) is 0 Å². The molecule has 1 aliphatic heterocycles. The number of hydrogen-bond acceptors (Lipinski definition) is 6. The third-order valence-electron chi connectivity index (χ3n) is 2.94. The largest absolute Gasteiger partial charge is 0.462 e. The first-order valence-corrected chi connectivity index (χ1v) is 5.71. The Labute approximate surface area is 105 Å². The summed E-state index contributed by atoms with van der Waals surface area (Å²) in [7, 11) is 0. The number of hydrogen-bond donors (Lipinski definition) is 4. The van der Waals surface area contributed by atoms with Gasteiger partial charge in [-0.3, -0.25) is 0 Å². The van der Waals surface area contributed by atoms with Crippen LogP contribution in [0.1, 0.15) is 6.92 Å². The van der Waals surface area contributed by atoms with Gasteiger partial charge in [0.2, 0.25) is 6.29 Å². The van der Waals surface area contributed by atoms with E-state index in [0.717, 1.165) is 0 Å². The zero-order valence-corrected chi connectivity index (χ0v) is 9.93. The molecule has 2 unspecified atom stereocenters. The van der Waals surface area contributed by atoms with Crippen LogP contribution in [-0.4, -0.2) is 46.0 Å². The summed E-state index contributed by atoms with van der Waals surface area (Å²) in [5.74, 6) is 0.462. The predicted octanol–water partition coefficient (Wildman–Crippen LogP) is -0.525. The van der Waals surface area contributed by atoms with Crippen LogP contribution >= 0.6 is 0 Å². The Bertz CT molecular complexity index is 396. The smallest absolute Gasteiger partial charge is 0.229 e. The number of benzene rings is 1. The lowest BCUT2D eigenvalue weighted by Gasteiger charge is -2.38. The molecule has 0 aliphatic carbocycles. The molecule has 1 fully saturated rings. The molecule has 0 spiro atoms. The summed E-state index contributed by atoms with van der Waals surface area (Å²) in [6.45, 7) is 1.60. The maximum atomic E-state index is 9.76. The number of anilines is 1. The zero-order chi connectivity index (χ0) is 13.3. The number of nitrogen functional groups attached to an aromatic ring is 1. The highest BCUT2D eigenvalue weighted by Gasteiger charge is 2.43. The average Bonchev–Trinajstić information content (AvgIpc) is 2.36. The molecule has 1 aromatic rings. The number of aliphatic hydroxyl groups is 3. The van der Waals surface area contributed by atoms with Gasteiger partial charge in [0.05, 0.1) is 6.10 Å². The van der Waals surface area contributed by atoms with Gasteiger partial charge in [-0.1, -0.05) is 0 Å². The molecular weight excluding hydrogens is 238 g/mol. The minimum atomic E-state index is -1.31. The summed E-state index contributed by atoms with van der Waals surface area (Å²) in [6, 6.07) is 6.57. The average molecular weight is 255 g/mol. The third kappa shape index (κ3) is 2.56. The van der Waals surface area contributed by atoms with Crippen molar-refractivity contribution in [2.45, 2.75) is 37.6 Å². The van der Waals surface area contributed by atoms with Crippen molar-refractivity contribution in [1.82, 2.24) is 0 Å². The van der Waals surface area contributed by atoms with Gasteiger partial charge >= 0.3 is 0 Å². The summed E-state index contributed by atoms with van der Waals surface area (Å²) in [4.78, 5) is 0. The van der Waals surface area contributed by atoms with Gasteiger partial charge in [-0.15, -0.1) is 0 Å². The van der Waals surface area contributed by atoms with Gasteiger partial charge in [-0.05, 0) is 31.2 Å². The summed E-state index contributed by atoms with van der Waals surface area (Å²) < 4.78 is 10.7. The number of rotatable bonds is 2. The van der Waals surface area contributed by atoms with Gasteiger partial charge < -0.3 is 30.5 Å². The maximum absolute atomic E-state index is 9.76. The fourth-order valence-corrected chi connectivity index (χ4v) is 1.79. The zero-order valence-electron chi connectivity index (χ0n) is 9.93. The highest BCUT2D eigenvalue weighted by molar-refractivity contribution is 5.41. The molecule has 18 heavy (non-hydrogen) atoms. The van der Waals surface area contributed by atoms with Crippen molar-refractivity contribution >= 4 is 5.69 Å². The molecule has 1 aliphatic rings. The highest BCUT2D eigenvalue weighted by atomic mass is 16.7. The van der Waals surface area contributed by atoms with Crippen LogP contribution in [-0.2, 0) is 4.74 Å². The van der Waals surface area contributed by atoms with Crippen molar-refractivity contribution in [3.63, 3.8) is 0 Å². The van der Waals surface area contributed by atoms with E-state index in [4.69, 9.17) is 15.2 Å². The molecule has 0 aromatic heterocycles. The van der Waals surface area contributed by atoms with Crippen LogP contribution in [0.3, 0.4) is 0 Å². The van der Waals surface area contributed by atoms with Gasteiger partial charge in [0.25, 0.3) is 0 Å². The summed E-state index contributed by atoms with van der Waals surface area (Å²) in [5, 5.41) is 28.9. The Morgan fingerprint density at radius 1 is 1.06 bits per heavy atom. The van der Waals surface area contributed by atoms with E-state index in [1.165, 1.54) is 0 Å². The lowest BCUT2D eigenvalue weighted by molar-refractivity contribution is -0.268. The molecular formula is C12H17NO5. The maximum Gasteiger partial charge on any atom is 0.229 e. The van der Waals surface area contributed by atoms with E-state index in [1.54, 1.807) is 31.2 Å². The van der Waals surface area contributed by atoms with E-state index in [0.29, 0.717) is 11.4 Å². The van der Waals surface area contributed by atoms with E-state index in [9.17, 15) is 15.3 Å². The quantitative estimate of drug-likeness (QED) is 0.530. The second-order valence-corrected chi connectivity index (χ2v) is 4.37. The number of aliphatic hydroxyl groups excluding tert-OH is 3. The highest BCUT2D eigenvalue weighted by Crippen LogP contribution is 2.24. The van der Waals surface area contributed by atoms with E-state index < -0.39 is 30.7 Å². The van der Waals surface area contributed by atoms with Gasteiger partial charge in [0, 0.05) is 5.69 Å². The SMILES string of the molecule is CC1O[C@@H](Oc2ccc(N)cc2)C(O)[C@@H](O)[C@H]1O. The summed E-state index contributed by atoms with van der Waals surface area (Å²) >= 11 is 0. The Hall–Kier alpha value is -1.34. The molecule has 6 nitrogen and oxygen atoms in total. The van der Waals surface area contributed by atoms with Crippen molar-refractivity contribution < 1.29 is 24.8 Å². The van der Waals surface area contributed by atoms with Crippen LogP contribution in [0.4, 0.5) is 5.69 Å². The van der Waals surface area contributed by atoms with Gasteiger partial charge in [0.15, 0.2) is 0 Å². The molecule has 5 N–H and O–H groups in total. The molecule has 6 heteroatoms. The van der Waals surface area contributed by atoms with E-state index in [-0.39, 0.29) is 0 Å². The predicted molar refractivity (Wildman–Crippen MR) is 63.8 cm³/mol. The Kier molecular flexibility index (Phi) is 3.72. The first-order valence-electron chi connectivity index (χ1n) is 5.71. The van der Waals surface area contributed by atoms with E-state index in [1.807, 2.05) is 0 Å². The second kappa shape index (κ2) is 5.11.